The first-order chi connectivity index (χ1) is 9.49. The molecule has 116 valence electrons. The van der Waals surface area contributed by atoms with E-state index in [1.807, 2.05) is 0 Å². The molecule has 0 fully saturated rings. The van der Waals surface area contributed by atoms with Crippen LogP contribution in [0.3, 0.4) is 0 Å². The topological polar surface area (TPSA) is 106 Å². The molecule has 0 aliphatic heterocycles. The second kappa shape index (κ2) is 10.6. The number of unbranched alkanes of at least 4 members (excludes halogenated alkanes) is 5. The third-order valence-electron chi connectivity index (χ3n) is 3.34. The van der Waals surface area contributed by atoms with Gasteiger partial charge in [-0.25, -0.2) is 4.79 Å². The Hall–Kier alpha value is -1.20. The van der Waals surface area contributed by atoms with Gasteiger partial charge in [0.25, 0.3) is 0 Å². The normalized spacial score (nSPS) is 14.3. The van der Waals surface area contributed by atoms with Gasteiger partial charge in [0.2, 0.25) is 0 Å². The van der Waals surface area contributed by atoms with Gasteiger partial charge < -0.3 is 16.6 Å². The van der Waals surface area contributed by atoms with Crippen molar-refractivity contribution in [2.75, 3.05) is 6.54 Å². The summed E-state index contributed by atoms with van der Waals surface area (Å²) in [4.78, 5) is 23.2. The molecule has 5 heteroatoms. The smallest absolute Gasteiger partial charge is 0.331 e. The minimum atomic E-state index is -1.81. The summed E-state index contributed by atoms with van der Waals surface area (Å²) in [5, 5.41) is 9.16. The van der Waals surface area contributed by atoms with Crippen molar-refractivity contribution in [2.45, 2.75) is 63.8 Å². The van der Waals surface area contributed by atoms with Crippen molar-refractivity contribution < 1.29 is 14.7 Å². The first-order valence-corrected chi connectivity index (χ1v) is 7.42. The fourth-order valence-electron chi connectivity index (χ4n) is 1.91. The van der Waals surface area contributed by atoms with Gasteiger partial charge in [-0.05, 0) is 44.7 Å². The van der Waals surface area contributed by atoms with E-state index < -0.39 is 17.3 Å². The van der Waals surface area contributed by atoms with Gasteiger partial charge in [0.05, 0.1) is 0 Å². The number of rotatable bonds is 12. The maximum atomic E-state index is 12.0. The maximum absolute atomic E-state index is 12.0. The molecular weight excluding hydrogens is 256 g/mol. The molecule has 0 spiro atoms. The van der Waals surface area contributed by atoms with Crippen molar-refractivity contribution in [2.24, 2.45) is 11.5 Å². The van der Waals surface area contributed by atoms with Crippen molar-refractivity contribution in [3.8, 4) is 0 Å². The fourth-order valence-corrected chi connectivity index (χ4v) is 1.91. The Balaban J connectivity index is 4.34. The molecule has 5 nitrogen and oxygen atoms in total. The molecule has 0 aliphatic rings. The Kier molecular flexibility index (Phi) is 9.94. The Labute approximate surface area is 121 Å². The summed E-state index contributed by atoms with van der Waals surface area (Å²) in [6, 6.07) is 0. The SMILES string of the molecule is CCCCCCC=CC(=O)[C@](N)(CCCCN)C(=O)O. The lowest BCUT2D eigenvalue weighted by Gasteiger charge is -2.21. The van der Waals surface area contributed by atoms with Crippen molar-refractivity contribution in [3.63, 3.8) is 0 Å². The quantitative estimate of drug-likeness (QED) is 0.289. The second-order valence-electron chi connectivity index (χ2n) is 5.14. The summed E-state index contributed by atoms with van der Waals surface area (Å²) in [7, 11) is 0. The van der Waals surface area contributed by atoms with Crippen LogP contribution in [0.4, 0.5) is 0 Å². The molecule has 0 heterocycles. The van der Waals surface area contributed by atoms with Gasteiger partial charge >= 0.3 is 5.97 Å². The number of allylic oxidation sites excluding steroid dienone is 1. The molecule has 0 aromatic heterocycles. The number of ketones is 1. The van der Waals surface area contributed by atoms with Gasteiger partial charge in [-0.1, -0.05) is 32.3 Å². The predicted molar refractivity (Wildman–Crippen MR) is 80.4 cm³/mol. The van der Waals surface area contributed by atoms with Crippen LogP contribution in [0.1, 0.15) is 58.3 Å². The Morgan fingerprint density at radius 2 is 1.85 bits per heavy atom. The van der Waals surface area contributed by atoms with E-state index in [1.165, 1.54) is 12.5 Å². The monoisotopic (exact) mass is 284 g/mol. The van der Waals surface area contributed by atoms with Crippen molar-refractivity contribution >= 4 is 11.8 Å². The first-order valence-electron chi connectivity index (χ1n) is 7.42. The van der Waals surface area contributed by atoms with Crippen LogP contribution >= 0.6 is 0 Å². The molecule has 0 saturated carbocycles. The molecule has 20 heavy (non-hydrogen) atoms. The summed E-state index contributed by atoms with van der Waals surface area (Å²) in [5.41, 5.74) is 9.30. The van der Waals surface area contributed by atoms with Crippen LogP contribution in [0.2, 0.25) is 0 Å². The first kappa shape index (κ1) is 18.8. The molecule has 0 aromatic carbocycles. The molecule has 0 rings (SSSR count). The van der Waals surface area contributed by atoms with Crippen LogP contribution in [0.25, 0.3) is 0 Å². The van der Waals surface area contributed by atoms with Crippen LogP contribution in [-0.2, 0) is 9.59 Å². The number of carboxylic acids is 1. The third kappa shape index (κ3) is 6.82. The zero-order chi connectivity index (χ0) is 15.4. The Bertz CT molecular complexity index is 329. The highest BCUT2D eigenvalue weighted by Gasteiger charge is 2.39. The molecule has 0 bridgehead atoms. The van der Waals surface area contributed by atoms with E-state index in [2.05, 4.69) is 6.92 Å². The van der Waals surface area contributed by atoms with Gasteiger partial charge in [-0.3, -0.25) is 4.79 Å². The minimum absolute atomic E-state index is 0.124. The highest BCUT2D eigenvalue weighted by molar-refractivity contribution is 6.12. The highest BCUT2D eigenvalue weighted by Crippen LogP contribution is 2.14. The average Bonchev–Trinajstić information content (AvgIpc) is 2.42. The number of nitrogens with two attached hydrogens (primary N) is 2. The van der Waals surface area contributed by atoms with Crippen molar-refractivity contribution in [1.29, 1.82) is 0 Å². The standard InChI is InChI=1S/C15H28N2O3/c1-2-3-4-5-6-7-10-13(18)15(17,14(19)20)11-8-9-12-16/h7,10H,2-6,8-9,11-12,16-17H2,1H3,(H,19,20)/t15-/m1/s1. The van der Waals surface area contributed by atoms with Gasteiger partial charge in [0.15, 0.2) is 11.3 Å². The lowest BCUT2D eigenvalue weighted by molar-refractivity contribution is -0.147. The molecule has 1 atom stereocenters. The number of hydrogen-bond donors (Lipinski definition) is 3. The number of carboxylic acid groups (broad SMARTS) is 1. The number of carbonyl (C=O) groups excluding carboxylic acids is 1. The summed E-state index contributed by atoms with van der Waals surface area (Å²) < 4.78 is 0. The Morgan fingerprint density at radius 1 is 1.15 bits per heavy atom. The van der Waals surface area contributed by atoms with Crippen LogP contribution in [0, 0.1) is 0 Å². The lowest BCUT2D eigenvalue weighted by Crippen LogP contribution is -2.54. The van der Waals surface area contributed by atoms with Gasteiger partial charge in [-0.15, -0.1) is 0 Å². The Morgan fingerprint density at radius 3 is 2.40 bits per heavy atom. The maximum Gasteiger partial charge on any atom is 0.331 e. The molecule has 0 amide bonds. The zero-order valence-electron chi connectivity index (χ0n) is 12.4. The average molecular weight is 284 g/mol. The lowest BCUT2D eigenvalue weighted by atomic mass is 9.88. The molecule has 0 unspecified atom stereocenters. The fraction of sp³-hybridized carbons (Fsp3) is 0.733. The van der Waals surface area contributed by atoms with Crippen LogP contribution < -0.4 is 11.5 Å². The van der Waals surface area contributed by atoms with E-state index in [-0.39, 0.29) is 6.42 Å². The molecule has 0 radical (unpaired) electrons. The number of aliphatic carboxylic acids is 1. The number of carbonyl (C=O) groups is 2. The van der Waals surface area contributed by atoms with Crippen LogP contribution in [0.5, 0.6) is 0 Å². The van der Waals surface area contributed by atoms with Crippen LogP contribution in [0.15, 0.2) is 12.2 Å². The molecule has 5 N–H and O–H groups in total. The molecule has 0 aromatic rings. The van der Waals surface area contributed by atoms with Gasteiger partial charge in [-0.2, -0.15) is 0 Å². The number of hydrogen-bond acceptors (Lipinski definition) is 4. The van der Waals surface area contributed by atoms with E-state index in [0.717, 1.165) is 25.7 Å². The predicted octanol–water partition coefficient (Wildman–Crippen LogP) is 1.99. The van der Waals surface area contributed by atoms with E-state index in [4.69, 9.17) is 16.6 Å². The highest BCUT2D eigenvalue weighted by atomic mass is 16.4. The summed E-state index contributed by atoms with van der Waals surface area (Å²) in [5.74, 6) is -1.80. The summed E-state index contributed by atoms with van der Waals surface area (Å²) in [6.45, 7) is 2.60. The van der Waals surface area contributed by atoms with E-state index in [0.29, 0.717) is 19.4 Å². The molecular formula is C15H28N2O3. The molecule has 0 saturated heterocycles. The second-order valence-corrected chi connectivity index (χ2v) is 5.14. The van der Waals surface area contributed by atoms with E-state index in [9.17, 15) is 9.59 Å². The third-order valence-corrected chi connectivity index (χ3v) is 3.34. The van der Waals surface area contributed by atoms with E-state index in [1.54, 1.807) is 6.08 Å². The van der Waals surface area contributed by atoms with Crippen molar-refractivity contribution in [1.82, 2.24) is 0 Å². The zero-order valence-corrected chi connectivity index (χ0v) is 12.4. The minimum Gasteiger partial charge on any atom is -0.480 e. The summed E-state index contributed by atoms with van der Waals surface area (Å²) in [6.07, 6.45) is 9.63. The van der Waals surface area contributed by atoms with Crippen LogP contribution in [-0.4, -0.2) is 28.9 Å². The van der Waals surface area contributed by atoms with Gasteiger partial charge in [0, 0.05) is 0 Å². The van der Waals surface area contributed by atoms with Crippen molar-refractivity contribution in [3.05, 3.63) is 12.2 Å². The van der Waals surface area contributed by atoms with E-state index >= 15 is 0 Å². The summed E-state index contributed by atoms with van der Waals surface area (Å²) >= 11 is 0. The largest absolute Gasteiger partial charge is 0.480 e. The molecule has 0 aliphatic carbocycles. The van der Waals surface area contributed by atoms with Gasteiger partial charge in [0.1, 0.15) is 0 Å².